The number of halogens is 2. The van der Waals surface area contributed by atoms with E-state index in [1.54, 1.807) is 42.5 Å². The van der Waals surface area contributed by atoms with Crippen molar-refractivity contribution in [3.8, 4) is 0 Å². The third-order valence-corrected chi connectivity index (χ3v) is 6.58. The Morgan fingerprint density at radius 2 is 1.66 bits per heavy atom. The van der Waals surface area contributed by atoms with Crippen molar-refractivity contribution < 1.29 is 23.1 Å². The standard InChI is InChI=1S/C29H28F2N4O3/c30-22-7-5-20(6-8-22)19-35-26-10-9-23(33-28(36)24-3-1-2-4-25(24)31)17-21(26)18-27(35)29(37)32-11-12-34-13-15-38-16-14-34/h1-10,17-18H,11-16,19H2,(H,32,37)(H,33,36). The summed E-state index contributed by atoms with van der Waals surface area (Å²) in [6, 6.07) is 19.0. The van der Waals surface area contributed by atoms with Gasteiger partial charge in [0.15, 0.2) is 0 Å². The van der Waals surface area contributed by atoms with Crippen LogP contribution in [0.1, 0.15) is 26.4 Å². The molecule has 1 aliphatic rings. The molecular weight excluding hydrogens is 490 g/mol. The number of carbonyl (C=O) groups excluding carboxylic acids is 2. The number of hydrogen-bond donors (Lipinski definition) is 2. The number of fused-ring (bicyclic) bond motifs is 1. The first kappa shape index (κ1) is 25.6. The molecule has 0 radical (unpaired) electrons. The molecule has 0 atom stereocenters. The van der Waals surface area contributed by atoms with Crippen molar-refractivity contribution in [1.82, 2.24) is 14.8 Å². The SMILES string of the molecule is O=C(Nc1ccc2c(c1)cc(C(=O)NCCN1CCOCC1)n2Cc1ccc(F)cc1)c1ccccc1F. The molecule has 3 aromatic carbocycles. The highest BCUT2D eigenvalue weighted by Gasteiger charge is 2.18. The number of hydrogen-bond acceptors (Lipinski definition) is 4. The summed E-state index contributed by atoms with van der Waals surface area (Å²) >= 11 is 0. The number of rotatable bonds is 8. The minimum Gasteiger partial charge on any atom is -0.379 e. The van der Waals surface area contributed by atoms with Gasteiger partial charge in [-0.2, -0.15) is 0 Å². The van der Waals surface area contributed by atoms with E-state index in [9.17, 15) is 18.4 Å². The number of aromatic nitrogens is 1. The van der Waals surface area contributed by atoms with Crippen LogP contribution in [0.3, 0.4) is 0 Å². The third kappa shape index (κ3) is 5.90. The molecule has 0 saturated carbocycles. The maximum Gasteiger partial charge on any atom is 0.267 e. The van der Waals surface area contributed by atoms with E-state index in [0.717, 1.165) is 36.1 Å². The van der Waals surface area contributed by atoms with Gasteiger partial charge >= 0.3 is 0 Å². The number of nitrogens with zero attached hydrogens (tertiary/aromatic N) is 2. The van der Waals surface area contributed by atoms with Crippen LogP contribution in [0.25, 0.3) is 10.9 Å². The maximum atomic E-state index is 14.1. The first-order chi connectivity index (χ1) is 18.5. The number of morpholine rings is 1. The van der Waals surface area contributed by atoms with Gasteiger partial charge in [-0.3, -0.25) is 14.5 Å². The second kappa shape index (κ2) is 11.5. The van der Waals surface area contributed by atoms with Crippen molar-refractivity contribution in [2.24, 2.45) is 0 Å². The zero-order valence-corrected chi connectivity index (χ0v) is 20.8. The summed E-state index contributed by atoms with van der Waals surface area (Å²) in [5.74, 6) is -1.72. The van der Waals surface area contributed by atoms with Crippen LogP contribution in [0.2, 0.25) is 0 Å². The summed E-state index contributed by atoms with van der Waals surface area (Å²) in [5.41, 5.74) is 2.48. The average molecular weight is 519 g/mol. The van der Waals surface area contributed by atoms with Crippen LogP contribution >= 0.6 is 0 Å². The molecule has 9 heteroatoms. The summed E-state index contributed by atoms with van der Waals surface area (Å²) in [7, 11) is 0. The molecule has 5 rings (SSSR count). The molecule has 1 aromatic heterocycles. The Bertz CT molecular complexity index is 1450. The summed E-state index contributed by atoms with van der Waals surface area (Å²) in [6.07, 6.45) is 0. The van der Waals surface area contributed by atoms with Crippen molar-refractivity contribution >= 4 is 28.4 Å². The zero-order chi connectivity index (χ0) is 26.5. The van der Waals surface area contributed by atoms with E-state index >= 15 is 0 Å². The Labute approximate surface area is 219 Å². The zero-order valence-electron chi connectivity index (χ0n) is 20.8. The molecule has 0 aliphatic carbocycles. The summed E-state index contributed by atoms with van der Waals surface area (Å²) in [4.78, 5) is 28.1. The molecule has 0 unspecified atom stereocenters. The van der Waals surface area contributed by atoms with E-state index in [1.807, 2.05) is 4.57 Å². The number of ether oxygens (including phenoxy) is 1. The lowest BCUT2D eigenvalue weighted by Gasteiger charge is -2.26. The van der Waals surface area contributed by atoms with E-state index < -0.39 is 11.7 Å². The molecule has 196 valence electrons. The number of benzene rings is 3. The predicted molar refractivity (Wildman–Crippen MR) is 141 cm³/mol. The maximum absolute atomic E-state index is 14.1. The van der Waals surface area contributed by atoms with E-state index in [-0.39, 0.29) is 17.3 Å². The van der Waals surface area contributed by atoms with Crippen molar-refractivity contribution in [2.75, 3.05) is 44.7 Å². The number of nitrogens with one attached hydrogen (secondary N) is 2. The molecule has 0 bridgehead atoms. The number of amides is 2. The van der Waals surface area contributed by atoms with Gasteiger partial charge in [0.25, 0.3) is 11.8 Å². The second-order valence-corrected chi connectivity index (χ2v) is 9.16. The highest BCUT2D eigenvalue weighted by atomic mass is 19.1. The topological polar surface area (TPSA) is 75.6 Å². The van der Waals surface area contributed by atoms with Crippen LogP contribution in [-0.2, 0) is 11.3 Å². The largest absolute Gasteiger partial charge is 0.379 e. The lowest BCUT2D eigenvalue weighted by atomic mass is 10.1. The van der Waals surface area contributed by atoms with Crippen LogP contribution in [0, 0.1) is 11.6 Å². The van der Waals surface area contributed by atoms with Crippen molar-refractivity contribution in [3.63, 3.8) is 0 Å². The van der Waals surface area contributed by atoms with Gasteiger partial charge in [0, 0.05) is 49.3 Å². The minimum absolute atomic E-state index is 0.0539. The average Bonchev–Trinajstić information content (AvgIpc) is 3.28. The lowest BCUT2D eigenvalue weighted by molar-refractivity contribution is 0.0383. The molecule has 1 fully saturated rings. The van der Waals surface area contributed by atoms with Gasteiger partial charge < -0.3 is 19.9 Å². The fraction of sp³-hybridized carbons (Fsp3) is 0.241. The van der Waals surface area contributed by atoms with Crippen LogP contribution in [0.5, 0.6) is 0 Å². The van der Waals surface area contributed by atoms with Gasteiger partial charge in [0.1, 0.15) is 17.3 Å². The van der Waals surface area contributed by atoms with Gasteiger partial charge in [-0.25, -0.2) is 8.78 Å². The Morgan fingerprint density at radius 1 is 0.895 bits per heavy atom. The van der Waals surface area contributed by atoms with Crippen LogP contribution < -0.4 is 10.6 Å². The summed E-state index contributed by atoms with van der Waals surface area (Å²) in [6.45, 7) is 4.62. The quantitative estimate of drug-likeness (QED) is 0.365. The summed E-state index contributed by atoms with van der Waals surface area (Å²) in [5, 5.41) is 6.47. The van der Waals surface area contributed by atoms with Crippen LogP contribution in [0.15, 0.2) is 72.8 Å². The molecule has 0 spiro atoms. The van der Waals surface area contributed by atoms with Crippen LogP contribution in [-0.4, -0.2) is 60.7 Å². The van der Waals surface area contributed by atoms with Crippen molar-refractivity contribution in [3.05, 3.63) is 101 Å². The van der Waals surface area contributed by atoms with Gasteiger partial charge in [0.05, 0.1) is 18.8 Å². The fourth-order valence-corrected chi connectivity index (χ4v) is 4.57. The van der Waals surface area contributed by atoms with Gasteiger partial charge in [-0.15, -0.1) is 0 Å². The first-order valence-electron chi connectivity index (χ1n) is 12.5. The Morgan fingerprint density at radius 3 is 2.42 bits per heavy atom. The predicted octanol–water partition coefficient (Wildman–Crippen LogP) is 4.28. The normalized spacial score (nSPS) is 13.9. The Kier molecular flexibility index (Phi) is 7.76. The van der Waals surface area contributed by atoms with Gasteiger partial charge in [-0.05, 0) is 54.1 Å². The molecule has 1 saturated heterocycles. The first-order valence-corrected chi connectivity index (χ1v) is 12.5. The monoisotopic (exact) mass is 518 g/mol. The van der Waals surface area contributed by atoms with Gasteiger partial charge in [0.2, 0.25) is 0 Å². The van der Waals surface area contributed by atoms with E-state index in [0.29, 0.717) is 37.7 Å². The fourth-order valence-electron chi connectivity index (χ4n) is 4.57. The highest BCUT2D eigenvalue weighted by molar-refractivity contribution is 6.06. The van der Waals surface area contributed by atoms with E-state index in [1.165, 1.54) is 30.3 Å². The molecule has 2 amide bonds. The Balaban J connectivity index is 1.40. The smallest absolute Gasteiger partial charge is 0.267 e. The molecular formula is C29H28F2N4O3. The molecule has 38 heavy (non-hydrogen) atoms. The number of anilines is 1. The molecule has 4 aromatic rings. The molecule has 7 nitrogen and oxygen atoms in total. The molecule has 2 N–H and O–H groups in total. The molecule has 1 aliphatic heterocycles. The van der Waals surface area contributed by atoms with E-state index in [2.05, 4.69) is 15.5 Å². The summed E-state index contributed by atoms with van der Waals surface area (Å²) < 4.78 is 34.8. The van der Waals surface area contributed by atoms with Gasteiger partial charge in [-0.1, -0.05) is 24.3 Å². The lowest BCUT2D eigenvalue weighted by Crippen LogP contribution is -2.41. The van der Waals surface area contributed by atoms with Crippen LogP contribution in [0.4, 0.5) is 14.5 Å². The second-order valence-electron chi connectivity index (χ2n) is 9.16. The van der Waals surface area contributed by atoms with Crippen molar-refractivity contribution in [2.45, 2.75) is 6.54 Å². The minimum atomic E-state index is -0.604. The number of carbonyl (C=O) groups is 2. The Hall–Kier alpha value is -4.08. The van der Waals surface area contributed by atoms with Crippen molar-refractivity contribution in [1.29, 1.82) is 0 Å². The molecule has 2 heterocycles. The third-order valence-electron chi connectivity index (χ3n) is 6.58. The van der Waals surface area contributed by atoms with E-state index in [4.69, 9.17) is 4.74 Å². The highest BCUT2D eigenvalue weighted by Crippen LogP contribution is 2.26.